The number of halogens is 2. The van der Waals surface area contributed by atoms with Crippen molar-refractivity contribution >= 4 is 22.6 Å². The second-order valence-corrected chi connectivity index (χ2v) is 5.11. The van der Waals surface area contributed by atoms with E-state index in [0.717, 1.165) is 0 Å². The van der Waals surface area contributed by atoms with E-state index < -0.39 is 24.5 Å². The number of hydrogen-bond acceptors (Lipinski definition) is 4. The second kappa shape index (κ2) is 7.08. The molecule has 0 aliphatic heterocycles. The van der Waals surface area contributed by atoms with Crippen LogP contribution in [-0.4, -0.2) is 28.9 Å². The number of nitrogens with zero attached hydrogens (tertiary/aromatic N) is 1. The highest BCUT2D eigenvalue weighted by atomic mass is 19.3. The number of aromatic nitrogens is 2. The smallest absolute Gasteiger partial charge is 0.272 e. The van der Waals surface area contributed by atoms with Gasteiger partial charge in [-0.15, -0.1) is 0 Å². The fraction of sp³-hybridized carbons (Fsp3) is 0.118. The monoisotopic (exact) mass is 345 g/mol. The number of fused-ring (bicyclic) bond motifs is 1. The number of amides is 1. The van der Waals surface area contributed by atoms with E-state index in [2.05, 4.69) is 15.3 Å². The van der Waals surface area contributed by atoms with E-state index in [9.17, 15) is 18.4 Å². The molecular formula is C17H13F2N3O3. The summed E-state index contributed by atoms with van der Waals surface area (Å²) in [5, 5.41) is 3.11. The van der Waals surface area contributed by atoms with Crippen molar-refractivity contribution < 1.29 is 18.3 Å². The minimum absolute atomic E-state index is 0.0335. The first-order valence-electron chi connectivity index (χ1n) is 7.34. The van der Waals surface area contributed by atoms with E-state index in [-0.39, 0.29) is 17.3 Å². The molecule has 1 amide bonds. The molecule has 0 fully saturated rings. The number of hydrogen-bond donors (Lipinski definition) is 2. The first kappa shape index (κ1) is 16.6. The Labute approximate surface area is 140 Å². The molecule has 0 unspecified atom stereocenters. The summed E-state index contributed by atoms with van der Waals surface area (Å²) >= 11 is 0. The average Bonchev–Trinajstić information content (AvgIpc) is 2.59. The number of H-pyrrole nitrogens is 1. The van der Waals surface area contributed by atoms with Gasteiger partial charge in [0.05, 0.1) is 5.56 Å². The number of alkyl halides is 2. The van der Waals surface area contributed by atoms with Crippen LogP contribution in [0.5, 0.6) is 5.88 Å². The molecule has 8 heteroatoms. The van der Waals surface area contributed by atoms with Gasteiger partial charge in [-0.2, -0.15) is 4.98 Å². The van der Waals surface area contributed by atoms with E-state index in [1.54, 1.807) is 24.3 Å². The summed E-state index contributed by atoms with van der Waals surface area (Å²) in [6.45, 7) is -0.789. The molecule has 2 aromatic heterocycles. The van der Waals surface area contributed by atoms with Crippen LogP contribution in [0.15, 0.2) is 53.3 Å². The third kappa shape index (κ3) is 3.97. The summed E-state index contributed by atoms with van der Waals surface area (Å²) in [5.41, 5.74) is 0.299. The molecule has 0 spiro atoms. The summed E-state index contributed by atoms with van der Waals surface area (Å²) in [6.07, 6.45) is -2.62. The van der Waals surface area contributed by atoms with Crippen LogP contribution in [0.2, 0.25) is 0 Å². The quantitative estimate of drug-likeness (QED) is 0.745. The predicted molar refractivity (Wildman–Crippen MR) is 88.3 cm³/mol. The number of aromatic amines is 1. The van der Waals surface area contributed by atoms with Crippen molar-refractivity contribution in [3.8, 4) is 5.88 Å². The van der Waals surface area contributed by atoms with Gasteiger partial charge in [0, 0.05) is 23.0 Å². The number of rotatable bonds is 5. The van der Waals surface area contributed by atoms with Crippen LogP contribution >= 0.6 is 0 Å². The van der Waals surface area contributed by atoms with Crippen LogP contribution in [0.3, 0.4) is 0 Å². The topological polar surface area (TPSA) is 84.1 Å². The van der Waals surface area contributed by atoms with Gasteiger partial charge in [0.15, 0.2) is 6.61 Å². The number of anilines is 1. The SMILES string of the molecule is O=C(Nc1cccc(OCC(F)F)n1)c1cc(=O)[nH]c2ccccc12. The molecule has 0 saturated heterocycles. The Morgan fingerprint density at radius 1 is 1.20 bits per heavy atom. The van der Waals surface area contributed by atoms with E-state index in [1.165, 1.54) is 24.3 Å². The van der Waals surface area contributed by atoms with Gasteiger partial charge in [0.2, 0.25) is 11.4 Å². The average molecular weight is 345 g/mol. The fourth-order valence-electron chi connectivity index (χ4n) is 2.29. The lowest BCUT2D eigenvalue weighted by Gasteiger charge is -2.09. The zero-order chi connectivity index (χ0) is 17.8. The molecule has 25 heavy (non-hydrogen) atoms. The minimum Gasteiger partial charge on any atom is -0.472 e. The van der Waals surface area contributed by atoms with Crippen molar-refractivity contribution in [1.29, 1.82) is 0 Å². The van der Waals surface area contributed by atoms with E-state index in [0.29, 0.717) is 10.9 Å². The van der Waals surface area contributed by atoms with Gasteiger partial charge in [-0.1, -0.05) is 24.3 Å². The van der Waals surface area contributed by atoms with Crippen molar-refractivity contribution in [2.24, 2.45) is 0 Å². The summed E-state index contributed by atoms with van der Waals surface area (Å²) < 4.78 is 29.2. The van der Waals surface area contributed by atoms with Crippen LogP contribution in [0.4, 0.5) is 14.6 Å². The van der Waals surface area contributed by atoms with Crippen molar-refractivity contribution in [2.75, 3.05) is 11.9 Å². The molecule has 0 aliphatic carbocycles. The lowest BCUT2D eigenvalue weighted by atomic mass is 10.1. The van der Waals surface area contributed by atoms with Gasteiger partial charge in [-0.3, -0.25) is 9.59 Å². The number of pyridine rings is 2. The first-order chi connectivity index (χ1) is 12.0. The third-order valence-corrected chi connectivity index (χ3v) is 3.32. The van der Waals surface area contributed by atoms with Gasteiger partial charge in [0.25, 0.3) is 12.3 Å². The molecule has 3 aromatic rings. The molecular weight excluding hydrogens is 332 g/mol. The fourth-order valence-corrected chi connectivity index (χ4v) is 2.29. The van der Waals surface area contributed by atoms with Crippen molar-refractivity contribution in [1.82, 2.24) is 9.97 Å². The number of ether oxygens (including phenoxy) is 1. The Hall–Kier alpha value is -3.29. The van der Waals surface area contributed by atoms with Crippen LogP contribution in [-0.2, 0) is 0 Å². The van der Waals surface area contributed by atoms with Crippen LogP contribution in [0.25, 0.3) is 10.9 Å². The third-order valence-electron chi connectivity index (χ3n) is 3.32. The maximum Gasteiger partial charge on any atom is 0.272 e. The van der Waals surface area contributed by atoms with E-state index >= 15 is 0 Å². The predicted octanol–water partition coefficient (Wildman–Crippen LogP) is 2.82. The lowest BCUT2D eigenvalue weighted by Crippen LogP contribution is -2.17. The zero-order valence-corrected chi connectivity index (χ0v) is 12.8. The highest BCUT2D eigenvalue weighted by molar-refractivity contribution is 6.11. The van der Waals surface area contributed by atoms with Crippen LogP contribution in [0, 0.1) is 0 Å². The number of carbonyl (C=O) groups excluding carboxylic acids is 1. The number of nitrogens with one attached hydrogen (secondary N) is 2. The molecule has 2 heterocycles. The molecule has 0 bridgehead atoms. The largest absolute Gasteiger partial charge is 0.472 e. The number of carbonyl (C=O) groups is 1. The first-order valence-corrected chi connectivity index (χ1v) is 7.34. The van der Waals surface area contributed by atoms with Gasteiger partial charge < -0.3 is 15.0 Å². The molecule has 6 nitrogen and oxygen atoms in total. The second-order valence-electron chi connectivity index (χ2n) is 5.11. The summed E-state index contributed by atoms with van der Waals surface area (Å²) in [7, 11) is 0. The maximum atomic E-state index is 12.5. The van der Waals surface area contributed by atoms with E-state index in [1.807, 2.05) is 0 Å². The van der Waals surface area contributed by atoms with Gasteiger partial charge >= 0.3 is 0 Å². The van der Waals surface area contributed by atoms with E-state index in [4.69, 9.17) is 4.74 Å². The highest BCUT2D eigenvalue weighted by Gasteiger charge is 2.13. The summed E-state index contributed by atoms with van der Waals surface area (Å²) in [5.74, 6) is -0.448. The van der Waals surface area contributed by atoms with Crippen LogP contribution in [0.1, 0.15) is 10.4 Å². The molecule has 0 saturated carbocycles. The summed E-state index contributed by atoms with van der Waals surface area (Å²) in [6, 6.07) is 12.5. The Kier molecular flexibility index (Phi) is 4.69. The number of benzene rings is 1. The van der Waals surface area contributed by atoms with Crippen molar-refractivity contribution in [3.63, 3.8) is 0 Å². The zero-order valence-electron chi connectivity index (χ0n) is 12.8. The highest BCUT2D eigenvalue weighted by Crippen LogP contribution is 2.17. The Balaban J connectivity index is 1.86. The van der Waals surface area contributed by atoms with Gasteiger partial charge in [-0.25, -0.2) is 8.78 Å². The normalized spacial score (nSPS) is 10.8. The molecule has 0 aliphatic rings. The number of para-hydroxylation sites is 1. The Bertz CT molecular complexity index is 973. The van der Waals surface area contributed by atoms with Crippen molar-refractivity contribution in [2.45, 2.75) is 6.43 Å². The maximum absolute atomic E-state index is 12.5. The molecule has 1 aromatic carbocycles. The van der Waals surface area contributed by atoms with Gasteiger partial charge in [-0.05, 0) is 12.1 Å². The lowest BCUT2D eigenvalue weighted by molar-refractivity contribution is 0.0796. The molecule has 3 rings (SSSR count). The van der Waals surface area contributed by atoms with Crippen molar-refractivity contribution in [3.05, 3.63) is 64.4 Å². The Morgan fingerprint density at radius 2 is 2.00 bits per heavy atom. The molecule has 0 radical (unpaired) electrons. The van der Waals surface area contributed by atoms with Crippen LogP contribution < -0.4 is 15.6 Å². The molecule has 0 atom stereocenters. The minimum atomic E-state index is -2.62. The standard InChI is InChI=1S/C17H13F2N3O3/c18-13(19)9-25-16-7-3-6-14(21-16)22-17(24)11-8-15(23)20-12-5-2-1-4-10(11)12/h1-8,13H,9H2,(H,20,23)(H,21,22,24). The van der Waals surface area contributed by atoms with Gasteiger partial charge in [0.1, 0.15) is 5.82 Å². The Morgan fingerprint density at radius 3 is 2.80 bits per heavy atom. The molecule has 128 valence electrons. The molecule has 2 N–H and O–H groups in total. The summed E-state index contributed by atoms with van der Waals surface area (Å²) in [4.78, 5) is 30.8.